The zero-order valence-corrected chi connectivity index (χ0v) is 11.5. The Balaban J connectivity index is -0.000000173. The van der Waals surface area contributed by atoms with Gasteiger partial charge in [0.15, 0.2) is 0 Å². The van der Waals surface area contributed by atoms with Crippen molar-refractivity contribution in [3.63, 3.8) is 0 Å². The topological polar surface area (TPSA) is 0 Å². The van der Waals surface area contributed by atoms with Crippen molar-refractivity contribution in [3.05, 3.63) is 12.8 Å². The predicted molar refractivity (Wildman–Crippen MR) is 64.8 cm³/mol. The van der Waals surface area contributed by atoms with E-state index in [1.54, 1.807) is 0 Å². The molecule has 13 heavy (non-hydrogen) atoms. The molecule has 0 saturated carbocycles. The third kappa shape index (κ3) is 32.3. The normalized spacial score (nSPS) is 8.31. The zero-order valence-electron chi connectivity index (χ0n) is 10.1. The van der Waals surface area contributed by atoms with E-state index in [0.717, 1.165) is 0 Å². The van der Waals surface area contributed by atoms with Gasteiger partial charge >= 0.3 is 23.1 Å². The van der Waals surface area contributed by atoms with Crippen LogP contribution in [0.15, 0.2) is 0 Å². The third-order valence-electron chi connectivity index (χ3n) is 1.75. The van der Waals surface area contributed by atoms with Crippen LogP contribution in [-0.4, -0.2) is 23.1 Å². The minimum atomic E-state index is 0. The average molecular weight is 195 g/mol. The van der Waals surface area contributed by atoms with Crippen LogP contribution in [0.3, 0.4) is 0 Å². The van der Waals surface area contributed by atoms with Crippen molar-refractivity contribution >= 4 is 23.1 Å². The van der Waals surface area contributed by atoms with Crippen molar-refractivity contribution in [1.82, 2.24) is 0 Å². The molecule has 0 nitrogen and oxygen atoms in total. The van der Waals surface area contributed by atoms with Gasteiger partial charge in [0.05, 0.1) is 0 Å². The Morgan fingerprint density at radius 3 is 1.69 bits per heavy atom. The first kappa shape index (κ1) is 19.4. The van der Waals surface area contributed by atoms with Crippen molar-refractivity contribution in [1.29, 1.82) is 0 Å². The second kappa shape index (κ2) is 23.0. The quantitative estimate of drug-likeness (QED) is 0.334. The van der Waals surface area contributed by atoms with Crippen LogP contribution in [-0.2, 0) is 0 Å². The average Bonchev–Trinajstić information content (AvgIpc) is 2.13. The zero-order chi connectivity index (χ0) is 9.66. The first-order valence-electron chi connectivity index (χ1n) is 5.39. The first-order chi connectivity index (χ1) is 5.83. The SMILES string of the molecule is C[CH-]CC.C[CH-]CCCCCC.[Mg+2]. The Morgan fingerprint density at radius 2 is 1.38 bits per heavy atom. The third-order valence-corrected chi connectivity index (χ3v) is 1.75. The Morgan fingerprint density at radius 1 is 0.846 bits per heavy atom. The Hall–Kier alpha value is 0.766. The Kier molecular flexibility index (Phi) is 34.2. The maximum Gasteiger partial charge on any atom is 2.00 e. The van der Waals surface area contributed by atoms with Crippen molar-refractivity contribution in [2.75, 3.05) is 0 Å². The molecule has 0 bridgehead atoms. The van der Waals surface area contributed by atoms with E-state index in [0.29, 0.717) is 0 Å². The standard InChI is InChI=1S/C8H17.C4H9.Mg/c1-3-5-7-8-6-4-2;1-3-4-2;/h3H,4-8H2,1-2H3;3H,4H2,1-2H3;/q2*-1;+2. The van der Waals surface area contributed by atoms with Crippen molar-refractivity contribution < 1.29 is 0 Å². The molecular formula is C12H26Mg. The van der Waals surface area contributed by atoms with Gasteiger partial charge in [-0.2, -0.15) is 26.7 Å². The molecule has 0 aliphatic rings. The Labute approximate surface area is 102 Å². The number of hydrogen-bond donors (Lipinski definition) is 0. The molecule has 0 N–H and O–H groups in total. The van der Waals surface area contributed by atoms with E-state index < -0.39 is 0 Å². The molecule has 0 radical (unpaired) electrons. The van der Waals surface area contributed by atoms with Crippen LogP contribution in [0.2, 0.25) is 0 Å². The Bertz CT molecular complexity index is 45.1. The second-order valence-electron chi connectivity index (χ2n) is 3.07. The molecule has 0 saturated heterocycles. The van der Waals surface area contributed by atoms with E-state index in [9.17, 15) is 0 Å². The predicted octanol–water partition coefficient (Wildman–Crippen LogP) is 4.42. The van der Waals surface area contributed by atoms with Gasteiger partial charge in [-0.15, -0.1) is 0 Å². The summed E-state index contributed by atoms with van der Waals surface area (Å²) in [7, 11) is 0. The van der Waals surface area contributed by atoms with Gasteiger partial charge < -0.3 is 12.8 Å². The fraction of sp³-hybridized carbons (Fsp3) is 0.833. The van der Waals surface area contributed by atoms with Crippen LogP contribution >= 0.6 is 0 Å². The summed E-state index contributed by atoms with van der Waals surface area (Å²) in [4.78, 5) is 0. The van der Waals surface area contributed by atoms with Crippen molar-refractivity contribution in [2.45, 2.75) is 66.2 Å². The fourth-order valence-corrected chi connectivity index (χ4v) is 0.775. The summed E-state index contributed by atoms with van der Waals surface area (Å²) in [5.74, 6) is 0. The summed E-state index contributed by atoms with van der Waals surface area (Å²) in [6, 6.07) is 0. The molecule has 0 aromatic carbocycles. The molecule has 0 unspecified atom stereocenters. The number of hydrogen-bond acceptors (Lipinski definition) is 0. The maximum atomic E-state index is 2.25. The van der Waals surface area contributed by atoms with Crippen LogP contribution < -0.4 is 0 Å². The molecule has 0 spiro atoms. The molecule has 0 heterocycles. The summed E-state index contributed by atoms with van der Waals surface area (Å²) in [5.41, 5.74) is 0. The molecule has 0 aliphatic carbocycles. The second-order valence-corrected chi connectivity index (χ2v) is 3.07. The molecule has 0 atom stereocenters. The van der Waals surface area contributed by atoms with Gasteiger partial charge in [0.25, 0.3) is 0 Å². The summed E-state index contributed by atoms with van der Waals surface area (Å²) >= 11 is 0. The van der Waals surface area contributed by atoms with Gasteiger partial charge in [0, 0.05) is 0 Å². The van der Waals surface area contributed by atoms with Crippen LogP contribution in [0.25, 0.3) is 0 Å². The summed E-state index contributed by atoms with van der Waals surface area (Å²) in [6.07, 6.45) is 12.4. The minimum Gasteiger partial charge on any atom is -0.332 e. The van der Waals surface area contributed by atoms with Crippen LogP contribution in [0.4, 0.5) is 0 Å². The maximum absolute atomic E-state index is 2.25. The van der Waals surface area contributed by atoms with Gasteiger partial charge in [-0.3, -0.25) is 0 Å². The largest absolute Gasteiger partial charge is 2.00 e. The molecule has 0 aromatic rings. The van der Waals surface area contributed by atoms with E-state index in [2.05, 4.69) is 40.5 Å². The molecule has 0 amide bonds. The van der Waals surface area contributed by atoms with Gasteiger partial charge in [-0.1, -0.05) is 39.5 Å². The number of rotatable bonds is 6. The summed E-state index contributed by atoms with van der Waals surface area (Å²) in [5, 5.41) is 0. The molecule has 0 aliphatic heterocycles. The van der Waals surface area contributed by atoms with Crippen molar-refractivity contribution in [3.8, 4) is 0 Å². The summed E-state index contributed by atoms with van der Waals surface area (Å²) in [6.45, 7) is 8.56. The van der Waals surface area contributed by atoms with E-state index in [-0.39, 0.29) is 23.1 Å². The molecule has 76 valence electrons. The number of unbranched alkanes of at least 4 members (excludes halogenated alkanes) is 6. The van der Waals surface area contributed by atoms with Crippen molar-refractivity contribution in [2.24, 2.45) is 0 Å². The van der Waals surface area contributed by atoms with E-state index in [1.165, 1.54) is 38.5 Å². The molecule has 0 aromatic heterocycles. The van der Waals surface area contributed by atoms with E-state index >= 15 is 0 Å². The molecule has 1 heteroatoms. The van der Waals surface area contributed by atoms with Gasteiger partial charge in [-0.25, -0.2) is 0 Å². The smallest absolute Gasteiger partial charge is 0.332 e. The first-order valence-corrected chi connectivity index (χ1v) is 5.39. The molecule has 0 rings (SSSR count). The fourth-order valence-electron chi connectivity index (χ4n) is 0.775. The molecule has 0 fully saturated rings. The van der Waals surface area contributed by atoms with Crippen LogP contribution in [0.5, 0.6) is 0 Å². The van der Waals surface area contributed by atoms with E-state index in [4.69, 9.17) is 0 Å². The minimum absolute atomic E-state index is 0. The van der Waals surface area contributed by atoms with Gasteiger partial charge in [-0.05, 0) is 0 Å². The summed E-state index contributed by atoms with van der Waals surface area (Å²) < 4.78 is 0. The van der Waals surface area contributed by atoms with Gasteiger partial charge in [0.1, 0.15) is 0 Å². The molecular weight excluding hydrogens is 168 g/mol. The van der Waals surface area contributed by atoms with Crippen LogP contribution in [0.1, 0.15) is 66.2 Å². The monoisotopic (exact) mass is 194 g/mol. The van der Waals surface area contributed by atoms with Gasteiger partial charge in [0.2, 0.25) is 0 Å². The van der Waals surface area contributed by atoms with Crippen LogP contribution in [0, 0.1) is 12.8 Å². The van der Waals surface area contributed by atoms with E-state index in [1.807, 2.05) is 0 Å².